The van der Waals surface area contributed by atoms with Gasteiger partial charge in [0.15, 0.2) is 6.61 Å². The van der Waals surface area contributed by atoms with Crippen LogP contribution >= 0.6 is 0 Å². The van der Waals surface area contributed by atoms with Crippen molar-refractivity contribution in [1.82, 2.24) is 5.32 Å². The van der Waals surface area contributed by atoms with Crippen LogP contribution in [0.5, 0.6) is 5.75 Å². The molecule has 5 heteroatoms. The van der Waals surface area contributed by atoms with Crippen molar-refractivity contribution < 1.29 is 13.9 Å². The molecule has 1 fully saturated rings. The van der Waals surface area contributed by atoms with Gasteiger partial charge < -0.3 is 14.5 Å². The summed E-state index contributed by atoms with van der Waals surface area (Å²) in [5.74, 6) is 0.345. The zero-order chi connectivity index (χ0) is 20.3. The number of hydrogen-bond acceptors (Lipinski definition) is 4. The molecule has 0 aliphatic heterocycles. The van der Waals surface area contributed by atoms with Gasteiger partial charge in [-0.3, -0.25) is 4.79 Å². The lowest BCUT2D eigenvalue weighted by Crippen LogP contribution is -2.40. The molecule has 0 bridgehead atoms. The molecule has 1 saturated carbocycles. The number of benzene rings is 2. The molecular formula is C24H25NO4. The Hall–Kier alpha value is -3.08. The molecule has 1 aliphatic carbocycles. The third-order valence-electron chi connectivity index (χ3n) is 5.86. The highest BCUT2D eigenvalue weighted by Crippen LogP contribution is 2.40. The third kappa shape index (κ3) is 4.19. The van der Waals surface area contributed by atoms with Gasteiger partial charge in [-0.05, 0) is 43.0 Å². The van der Waals surface area contributed by atoms with Crippen LogP contribution in [0.25, 0.3) is 11.0 Å². The second-order valence-electron chi connectivity index (χ2n) is 7.83. The van der Waals surface area contributed by atoms with E-state index in [4.69, 9.17) is 9.15 Å². The fourth-order valence-corrected chi connectivity index (χ4v) is 4.27. The first-order chi connectivity index (χ1) is 14.1. The second kappa shape index (κ2) is 8.11. The quantitative estimate of drug-likeness (QED) is 0.642. The van der Waals surface area contributed by atoms with Gasteiger partial charge in [-0.25, -0.2) is 4.79 Å². The van der Waals surface area contributed by atoms with Crippen LogP contribution in [-0.4, -0.2) is 19.1 Å². The maximum absolute atomic E-state index is 12.4. The van der Waals surface area contributed by atoms with Crippen LogP contribution in [0.15, 0.2) is 63.8 Å². The number of amides is 1. The van der Waals surface area contributed by atoms with E-state index in [0.717, 1.165) is 23.8 Å². The van der Waals surface area contributed by atoms with Crippen molar-refractivity contribution in [3.63, 3.8) is 0 Å². The minimum absolute atomic E-state index is 0.0147. The van der Waals surface area contributed by atoms with E-state index in [0.29, 0.717) is 17.9 Å². The minimum Gasteiger partial charge on any atom is -0.484 e. The Kier molecular flexibility index (Phi) is 5.38. The first-order valence-electron chi connectivity index (χ1n) is 10.1. The van der Waals surface area contributed by atoms with Gasteiger partial charge in [-0.2, -0.15) is 0 Å². The van der Waals surface area contributed by atoms with Crippen molar-refractivity contribution in [1.29, 1.82) is 0 Å². The Morgan fingerprint density at radius 2 is 1.86 bits per heavy atom. The molecule has 29 heavy (non-hydrogen) atoms. The van der Waals surface area contributed by atoms with Crippen LogP contribution in [0.3, 0.4) is 0 Å². The zero-order valence-corrected chi connectivity index (χ0v) is 16.6. The van der Waals surface area contributed by atoms with Crippen LogP contribution in [-0.2, 0) is 10.2 Å². The van der Waals surface area contributed by atoms with Crippen molar-refractivity contribution in [3.8, 4) is 5.75 Å². The summed E-state index contributed by atoms with van der Waals surface area (Å²) < 4.78 is 10.9. The maximum Gasteiger partial charge on any atom is 0.336 e. The summed E-state index contributed by atoms with van der Waals surface area (Å²) in [6, 6.07) is 17.2. The van der Waals surface area contributed by atoms with Crippen LogP contribution in [0, 0.1) is 6.92 Å². The summed E-state index contributed by atoms with van der Waals surface area (Å²) in [5, 5.41) is 3.91. The van der Waals surface area contributed by atoms with Crippen molar-refractivity contribution in [2.45, 2.75) is 38.0 Å². The summed E-state index contributed by atoms with van der Waals surface area (Å²) in [5.41, 5.74) is 2.22. The number of carbonyl (C=O) groups is 1. The molecule has 1 N–H and O–H groups in total. The summed E-state index contributed by atoms with van der Waals surface area (Å²) in [7, 11) is 0. The van der Waals surface area contributed by atoms with E-state index in [2.05, 4.69) is 29.6 Å². The van der Waals surface area contributed by atoms with E-state index >= 15 is 0 Å². The Morgan fingerprint density at radius 3 is 2.62 bits per heavy atom. The van der Waals surface area contributed by atoms with E-state index < -0.39 is 5.63 Å². The SMILES string of the molecule is Cc1cc(=O)oc2cc(OCC(=O)NCC3(c4ccccc4)CCCC3)ccc12. The largest absolute Gasteiger partial charge is 0.484 e. The number of hydrogen-bond donors (Lipinski definition) is 1. The molecule has 0 unspecified atom stereocenters. The van der Waals surface area contributed by atoms with Gasteiger partial charge in [0.1, 0.15) is 11.3 Å². The Bertz CT molecular complexity index is 1070. The fourth-order valence-electron chi connectivity index (χ4n) is 4.27. The predicted molar refractivity (Wildman–Crippen MR) is 112 cm³/mol. The topological polar surface area (TPSA) is 68.5 Å². The van der Waals surface area contributed by atoms with Crippen molar-refractivity contribution in [2.75, 3.05) is 13.2 Å². The highest BCUT2D eigenvalue weighted by molar-refractivity contribution is 5.81. The van der Waals surface area contributed by atoms with Crippen molar-refractivity contribution >= 4 is 16.9 Å². The molecule has 3 aromatic rings. The summed E-state index contributed by atoms with van der Waals surface area (Å²) in [4.78, 5) is 24.0. The summed E-state index contributed by atoms with van der Waals surface area (Å²) in [6.07, 6.45) is 4.54. The molecule has 1 heterocycles. The van der Waals surface area contributed by atoms with Crippen molar-refractivity contribution in [2.24, 2.45) is 0 Å². The van der Waals surface area contributed by atoms with Crippen LogP contribution in [0.2, 0.25) is 0 Å². The Morgan fingerprint density at radius 1 is 1.10 bits per heavy atom. The fraction of sp³-hybridized carbons (Fsp3) is 0.333. The number of fused-ring (bicyclic) bond motifs is 1. The van der Waals surface area contributed by atoms with Gasteiger partial charge >= 0.3 is 5.63 Å². The van der Waals surface area contributed by atoms with E-state index in [1.165, 1.54) is 24.5 Å². The lowest BCUT2D eigenvalue weighted by atomic mass is 9.79. The minimum atomic E-state index is -0.396. The normalized spacial score (nSPS) is 15.3. The lowest BCUT2D eigenvalue weighted by Gasteiger charge is -2.30. The molecule has 1 aromatic heterocycles. The van der Waals surface area contributed by atoms with Gasteiger partial charge in [0.2, 0.25) is 0 Å². The first kappa shape index (κ1) is 19.2. The number of rotatable bonds is 6. The maximum atomic E-state index is 12.4. The Balaban J connectivity index is 1.39. The molecule has 0 spiro atoms. The van der Waals surface area contributed by atoms with Gasteiger partial charge in [0, 0.05) is 29.5 Å². The van der Waals surface area contributed by atoms with Crippen LogP contribution in [0.4, 0.5) is 0 Å². The third-order valence-corrected chi connectivity index (χ3v) is 5.86. The molecule has 1 aliphatic rings. The molecule has 2 aromatic carbocycles. The standard InChI is InChI=1S/C24H25NO4/c1-17-13-23(27)29-21-14-19(9-10-20(17)21)28-15-22(26)25-16-24(11-5-6-12-24)18-7-3-2-4-8-18/h2-4,7-10,13-14H,5-6,11-12,15-16H2,1H3,(H,25,26). The smallest absolute Gasteiger partial charge is 0.336 e. The number of carbonyl (C=O) groups excluding carboxylic acids is 1. The van der Waals surface area contributed by atoms with E-state index in [1.54, 1.807) is 12.1 Å². The molecule has 0 atom stereocenters. The number of ether oxygens (including phenoxy) is 1. The van der Waals surface area contributed by atoms with Gasteiger partial charge in [0.05, 0.1) is 0 Å². The molecule has 1 amide bonds. The second-order valence-corrected chi connectivity index (χ2v) is 7.83. The zero-order valence-electron chi connectivity index (χ0n) is 16.6. The average molecular weight is 391 g/mol. The highest BCUT2D eigenvalue weighted by Gasteiger charge is 2.35. The molecule has 0 saturated heterocycles. The van der Waals surface area contributed by atoms with E-state index in [1.807, 2.05) is 19.1 Å². The van der Waals surface area contributed by atoms with Crippen LogP contribution in [0.1, 0.15) is 36.8 Å². The van der Waals surface area contributed by atoms with E-state index in [-0.39, 0.29) is 17.9 Å². The number of nitrogens with one attached hydrogen (secondary N) is 1. The summed E-state index contributed by atoms with van der Waals surface area (Å²) in [6.45, 7) is 2.40. The molecule has 150 valence electrons. The monoisotopic (exact) mass is 391 g/mol. The van der Waals surface area contributed by atoms with Crippen molar-refractivity contribution in [3.05, 3.63) is 76.1 Å². The van der Waals surface area contributed by atoms with Gasteiger partial charge in [-0.15, -0.1) is 0 Å². The predicted octanol–water partition coefficient (Wildman–Crippen LogP) is 4.11. The molecule has 5 nitrogen and oxygen atoms in total. The van der Waals surface area contributed by atoms with Gasteiger partial charge in [-0.1, -0.05) is 43.2 Å². The van der Waals surface area contributed by atoms with Gasteiger partial charge in [0.25, 0.3) is 5.91 Å². The molecule has 0 radical (unpaired) electrons. The molecular weight excluding hydrogens is 366 g/mol. The number of aryl methyl sites for hydroxylation is 1. The van der Waals surface area contributed by atoms with Crippen LogP contribution < -0.4 is 15.7 Å². The summed E-state index contributed by atoms with van der Waals surface area (Å²) >= 11 is 0. The first-order valence-corrected chi connectivity index (χ1v) is 10.1. The Labute approximate surface area is 169 Å². The average Bonchev–Trinajstić information content (AvgIpc) is 3.21. The lowest BCUT2D eigenvalue weighted by molar-refractivity contribution is -0.123. The molecule has 4 rings (SSSR count). The van der Waals surface area contributed by atoms with E-state index in [9.17, 15) is 9.59 Å². The highest BCUT2D eigenvalue weighted by atomic mass is 16.5.